The van der Waals surface area contributed by atoms with Gasteiger partial charge >= 0.3 is 0 Å². The van der Waals surface area contributed by atoms with Gasteiger partial charge in [-0.3, -0.25) is 0 Å². The molecule has 3 heteroatoms. The Labute approximate surface area is 69.8 Å². The number of halogens is 1. The standard InChI is InChI=1S/C7H12BrNO/c1-2-3-4-6-5-7(8)9-10-6/h6H,2-5H2,1H3. The van der Waals surface area contributed by atoms with Gasteiger partial charge in [-0.1, -0.05) is 18.5 Å². The van der Waals surface area contributed by atoms with Crippen LogP contribution in [0.15, 0.2) is 5.16 Å². The second kappa shape index (κ2) is 3.96. The van der Waals surface area contributed by atoms with Gasteiger partial charge in [0.05, 0.1) is 0 Å². The molecule has 1 heterocycles. The van der Waals surface area contributed by atoms with E-state index in [9.17, 15) is 0 Å². The molecule has 0 bridgehead atoms. The van der Waals surface area contributed by atoms with Crippen LogP contribution in [0.25, 0.3) is 0 Å². The Kier molecular flexibility index (Phi) is 3.19. The van der Waals surface area contributed by atoms with Gasteiger partial charge in [0.2, 0.25) is 0 Å². The smallest absolute Gasteiger partial charge is 0.133 e. The summed E-state index contributed by atoms with van der Waals surface area (Å²) >= 11 is 3.30. The number of unbranched alkanes of at least 4 members (excludes halogenated alkanes) is 1. The van der Waals surface area contributed by atoms with Gasteiger partial charge < -0.3 is 4.84 Å². The van der Waals surface area contributed by atoms with Crippen LogP contribution in [0, 0.1) is 0 Å². The van der Waals surface area contributed by atoms with Crippen molar-refractivity contribution in [3.63, 3.8) is 0 Å². The molecule has 0 aromatic rings. The van der Waals surface area contributed by atoms with Gasteiger partial charge in [-0.2, -0.15) is 0 Å². The molecule has 0 aliphatic carbocycles. The molecule has 0 saturated heterocycles. The van der Waals surface area contributed by atoms with Gasteiger partial charge in [0, 0.05) is 6.42 Å². The molecule has 1 unspecified atom stereocenters. The van der Waals surface area contributed by atoms with E-state index in [4.69, 9.17) is 4.84 Å². The molecule has 1 atom stereocenters. The number of rotatable bonds is 3. The van der Waals surface area contributed by atoms with Crippen molar-refractivity contribution in [2.75, 3.05) is 0 Å². The Morgan fingerprint density at radius 2 is 2.60 bits per heavy atom. The number of hydrogen-bond donors (Lipinski definition) is 0. The van der Waals surface area contributed by atoms with Gasteiger partial charge in [0.15, 0.2) is 0 Å². The van der Waals surface area contributed by atoms with Gasteiger partial charge in [-0.15, -0.1) is 0 Å². The van der Waals surface area contributed by atoms with Gasteiger partial charge in [-0.25, -0.2) is 0 Å². The first-order valence-corrected chi connectivity index (χ1v) is 4.50. The Bertz CT molecular complexity index is 136. The molecule has 0 saturated carbocycles. The minimum atomic E-state index is 0.342. The maximum Gasteiger partial charge on any atom is 0.133 e. The van der Waals surface area contributed by atoms with Crippen molar-refractivity contribution < 1.29 is 4.84 Å². The van der Waals surface area contributed by atoms with Gasteiger partial charge in [0.25, 0.3) is 0 Å². The Morgan fingerprint density at radius 3 is 3.10 bits per heavy atom. The molecule has 0 aromatic carbocycles. The molecule has 0 fully saturated rings. The summed E-state index contributed by atoms with van der Waals surface area (Å²) in [5.41, 5.74) is 0. The van der Waals surface area contributed by atoms with E-state index in [1.165, 1.54) is 12.8 Å². The lowest BCUT2D eigenvalue weighted by Gasteiger charge is -2.04. The van der Waals surface area contributed by atoms with Crippen molar-refractivity contribution in [1.29, 1.82) is 0 Å². The first kappa shape index (κ1) is 8.05. The highest BCUT2D eigenvalue weighted by atomic mass is 79.9. The highest BCUT2D eigenvalue weighted by Gasteiger charge is 2.17. The highest BCUT2D eigenvalue weighted by Crippen LogP contribution is 2.18. The molecule has 2 nitrogen and oxygen atoms in total. The largest absolute Gasteiger partial charge is 0.391 e. The van der Waals surface area contributed by atoms with Crippen molar-refractivity contribution >= 4 is 20.6 Å². The topological polar surface area (TPSA) is 21.6 Å². The minimum Gasteiger partial charge on any atom is -0.391 e. The molecule has 0 spiro atoms. The molecule has 1 aliphatic rings. The molecule has 1 aliphatic heterocycles. The zero-order valence-corrected chi connectivity index (χ0v) is 7.73. The van der Waals surface area contributed by atoms with Crippen molar-refractivity contribution in [2.45, 2.75) is 38.7 Å². The van der Waals surface area contributed by atoms with Crippen molar-refractivity contribution in [2.24, 2.45) is 5.16 Å². The zero-order chi connectivity index (χ0) is 7.40. The number of oxime groups is 1. The minimum absolute atomic E-state index is 0.342. The van der Waals surface area contributed by atoms with E-state index >= 15 is 0 Å². The van der Waals surface area contributed by atoms with E-state index in [0.29, 0.717) is 6.10 Å². The predicted molar refractivity (Wildman–Crippen MR) is 45.4 cm³/mol. The SMILES string of the molecule is CCCCC1CC(Br)=NO1. The van der Waals surface area contributed by atoms with Crippen LogP contribution in [0.3, 0.4) is 0 Å². The van der Waals surface area contributed by atoms with Crippen LogP contribution in [0.2, 0.25) is 0 Å². The Hall–Kier alpha value is -0.0500. The summed E-state index contributed by atoms with van der Waals surface area (Å²) in [6, 6.07) is 0. The first-order chi connectivity index (χ1) is 4.83. The summed E-state index contributed by atoms with van der Waals surface area (Å²) in [7, 11) is 0. The van der Waals surface area contributed by atoms with Crippen molar-refractivity contribution in [3.05, 3.63) is 0 Å². The molecule has 0 N–H and O–H groups in total. The van der Waals surface area contributed by atoms with E-state index in [1.807, 2.05) is 0 Å². The average Bonchev–Trinajstić information content (AvgIpc) is 2.31. The van der Waals surface area contributed by atoms with Crippen LogP contribution < -0.4 is 0 Å². The molecular formula is C7H12BrNO. The Balaban J connectivity index is 2.11. The second-order valence-electron chi connectivity index (χ2n) is 2.54. The van der Waals surface area contributed by atoms with E-state index < -0.39 is 0 Å². The van der Waals surface area contributed by atoms with Crippen LogP contribution in [-0.2, 0) is 4.84 Å². The second-order valence-corrected chi connectivity index (χ2v) is 3.46. The summed E-state index contributed by atoms with van der Waals surface area (Å²) in [4.78, 5) is 5.11. The third-order valence-electron chi connectivity index (χ3n) is 1.58. The van der Waals surface area contributed by atoms with Crippen LogP contribution in [-0.4, -0.2) is 10.7 Å². The third kappa shape index (κ3) is 2.29. The summed E-state index contributed by atoms with van der Waals surface area (Å²) in [5.74, 6) is 0. The molecular weight excluding hydrogens is 194 g/mol. The first-order valence-electron chi connectivity index (χ1n) is 3.71. The van der Waals surface area contributed by atoms with Crippen molar-refractivity contribution in [1.82, 2.24) is 0 Å². The lowest BCUT2D eigenvalue weighted by atomic mass is 10.1. The van der Waals surface area contributed by atoms with Crippen LogP contribution >= 0.6 is 15.9 Å². The fraction of sp³-hybridized carbons (Fsp3) is 0.857. The quantitative estimate of drug-likeness (QED) is 0.695. The van der Waals surface area contributed by atoms with E-state index in [-0.39, 0.29) is 0 Å². The molecule has 0 aromatic heterocycles. The van der Waals surface area contributed by atoms with Crippen LogP contribution in [0.1, 0.15) is 32.6 Å². The monoisotopic (exact) mass is 205 g/mol. The van der Waals surface area contributed by atoms with E-state index in [1.54, 1.807) is 0 Å². The summed E-state index contributed by atoms with van der Waals surface area (Å²) < 4.78 is 0.952. The number of hydrogen-bond acceptors (Lipinski definition) is 2. The lowest BCUT2D eigenvalue weighted by molar-refractivity contribution is 0.0775. The average molecular weight is 206 g/mol. The summed E-state index contributed by atoms with van der Waals surface area (Å²) in [5, 5.41) is 3.80. The fourth-order valence-corrected chi connectivity index (χ4v) is 1.43. The highest BCUT2D eigenvalue weighted by molar-refractivity contribution is 9.18. The predicted octanol–water partition coefficient (Wildman–Crippen LogP) is 2.67. The maximum absolute atomic E-state index is 5.11. The van der Waals surface area contributed by atoms with E-state index in [0.717, 1.165) is 17.5 Å². The van der Waals surface area contributed by atoms with Crippen LogP contribution in [0.4, 0.5) is 0 Å². The Morgan fingerprint density at radius 1 is 1.80 bits per heavy atom. The summed E-state index contributed by atoms with van der Waals surface area (Å²) in [6.45, 7) is 2.19. The molecule has 0 amide bonds. The van der Waals surface area contributed by atoms with Crippen LogP contribution in [0.5, 0.6) is 0 Å². The molecule has 10 heavy (non-hydrogen) atoms. The molecule has 1 rings (SSSR count). The number of nitrogens with zero attached hydrogens (tertiary/aromatic N) is 1. The lowest BCUT2D eigenvalue weighted by Crippen LogP contribution is -2.04. The summed E-state index contributed by atoms with van der Waals surface area (Å²) in [6.07, 6.45) is 4.90. The molecule has 0 radical (unpaired) electrons. The third-order valence-corrected chi connectivity index (χ3v) is 2.05. The zero-order valence-electron chi connectivity index (χ0n) is 6.14. The molecule has 58 valence electrons. The van der Waals surface area contributed by atoms with Gasteiger partial charge in [0.1, 0.15) is 10.7 Å². The fourth-order valence-electron chi connectivity index (χ4n) is 0.981. The maximum atomic E-state index is 5.11. The van der Waals surface area contributed by atoms with E-state index in [2.05, 4.69) is 28.0 Å². The van der Waals surface area contributed by atoms with Crippen molar-refractivity contribution in [3.8, 4) is 0 Å². The normalized spacial score (nSPS) is 24.2. The van der Waals surface area contributed by atoms with Gasteiger partial charge in [-0.05, 0) is 28.8 Å².